The second kappa shape index (κ2) is 14.8. The summed E-state index contributed by atoms with van der Waals surface area (Å²) in [5.41, 5.74) is 1.01. The molecular formula is C33H29ClN2O9. The Kier molecular flexibility index (Phi) is 10.7. The molecule has 0 saturated heterocycles. The van der Waals surface area contributed by atoms with Crippen molar-refractivity contribution in [3.05, 3.63) is 118 Å². The molecule has 0 fully saturated rings. The van der Waals surface area contributed by atoms with Gasteiger partial charge < -0.3 is 28.3 Å². The van der Waals surface area contributed by atoms with Crippen molar-refractivity contribution in [3.63, 3.8) is 0 Å². The molecule has 11 nitrogen and oxygen atoms in total. The Morgan fingerprint density at radius 3 is 2.09 bits per heavy atom. The van der Waals surface area contributed by atoms with Gasteiger partial charge in [0.15, 0.2) is 5.76 Å². The fraction of sp³-hybridized carbons (Fsp3) is 0.182. The van der Waals surface area contributed by atoms with Crippen LogP contribution in [0.1, 0.15) is 38.2 Å². The number of nitrogens with zero attached hydrogens (tertiary/aromatic N) is 2. The maximum absolute atomic E-state index is 13.5. The summed E-state index contributed by atoms with van der Waals surface area (Å²) in [6, 6.07) is 19.4. The van der Waals surface area contributed by atoms with Crippen molar-refractivity contribution in [1.29, 1.82) is 0 Å². The third-order valence-electron chi connectivity index (χ3n) is 6.70. The van der Waals surface area contributed by atoms with Gasteiger partial charge in [0.1, 0.15) is 17.3 Å². The number of anilines is 1. The standard InChI is InChI=1S/C33H29ClN2O9/c1-41-25(37)18-23(31(38)42-2)27(24-12-8-9-17-35-24)36(19-20-10-6-5-7-11-20)28-26(32(39)43-3)30(33(40)44-4)45-29(28)21-13-15-22(34)16-14-21/h5-18,27H,19H2,1-4H3/b23-18-. The summed E-state index contributed by atoms with van der Waals surface area (Å²) in [7, 11) is 4.62. The lowest BCUT2D eigenvalue weighted by Crippen LogP contribution is -2.34. The number of esters is 4. The van der Waals surface area contributed by atoms with Crippen molar-refractivity contribution in [2.75, 3.05) is 33.3 Å². The van der Waals surface area contributed by atoms with Crippen molar-refractivity contribution in [1.82, 2.24) is 4.98 Å². The summed E-state index contributed by atoms with van der Waals surface area (Å²) < 4.78 is 26.2. The predicted octanol–water partition coefficient (Wildman–Crippen LogP) is 5.59. The second-order valence-corrected chi connectivity index (χ2v) is 9.80. The molecule has 0 spiro atoms. The van der Waals surface area contributed by atoms with Gasteiger partial charge in [0, 0.05) is 29.4 Å². The maximum atomic E-state index is 13.5. The molecule has 0 N–H and O–H groups in total. The largest absolute Gasteiger partial charge is 0.466 e. The van der Waals surface area contributed by atoms with Crippen LogP contribution < -0.4 is 4.90 Å². The van der Waals surface area contributed by atoms with E-state index in [-0.39, 0.29) is 34.8 Å². The highest BCUT2D eigenvalue weighted by molar-refractivity contribution is 6.30. The van der Waals surface area contributed by atoms with Crippen LogP contribution in [-0.2, 0) is 35.1 Å². The Balaban J connectivity index is 2.19. The summed E-state index contributed by atoms with van der Waals surface area (Å²) in [5, 5.41) is 0.426. The van der Waals surface area contributed by atoms with Crippen molar-refractivity contribution in [2.45, 2.75) is 12.6 Å². The Morgan fingerprint density at radius 2 is 1.51 bits per heavy atom. The lowest BCUT2D eigenvalue weighted by Gasteiger charge is -2.34. The van der Waals surface area contributed by atoms with Crippen LogP contribution in [0.3, 0.4) is 0 Å². The maximum Gasteiger partial charge on any atom is 0.374 e. The monoisotopic (exact) mass is 632 g/mol. The van der Waals surface area contributed by atoms with Crippen molar-refractivity contribution in [3.8, 4) is 11.3 Å². The number of methoxy groups -OCH3 is 4. The van der Waals surface area contributed by atoms with E-state index in [0.717, 1.165) is 40.1 Å². The molecule has 2 heterocycles. The van der Waals surface area contributed by atoms with Crippen molar-refractivity contribution in [2.24, 2.45) is 0 Å². The van der Waals surface area contributed by atoms with E-state index >= 15 is 0 Å². The summed E-state index contributed by atoms with van der Waals surface area (Å²) >= 11 is 6.18. The lowest BCUT2D eigenvalue weighted by molar-refractivity contribution is -0.138. The molecule has 45 heavy (non-hydrogen) atoms. The summed E-state index contributed by atoms with van der Waals surface area (Å²) in [5.74, 6) is -4.00. The Bertz CT molecular complexity index is 1700. The lowest BCUT2D eigenvalue weighted by atomic mass is 9.96. The first-order chi connectivity index (χ1) is 21.7. The molecule has 0 aliphatic carbocycles. The van der Waals surface area contributed by atoms with E-state index in [1.807, 2.05) is 30.3 Å². The first-order valence-corrected chi connectivity index (χ1v) is 13.8. The summed E-state index contributed by atoms with van der Waals surface area (Å²) in [4.78, 5) is 58.8. The molecule has 232 valence electrons. The van der Waals surface area contributed by atoms with Crippen LogP contribution in [0, 0.1) is 0 Å². The quantitative estimate of drug-likeness (QED) is 0.116. The van der Waals surface area contributed by atoms with Crippen LogP contribution >= 0.6 is 11.6 Å². The highest BCUT2D eigenvalue weighted by atomic mass is 35.5. The number of hydrogen-bond donors (Lipinski definition) is 0. The molecule has 0 aliphatic rings. The van der Waals surface area contributed by atoms with Crippen LogP contribution in [0.4, 0.5) is 5.69 Å². The zero-order chi connectivity index (χ0) is 32.5. The van der Waals surface area contributed by atoms with Gasteiger partial charge in [-0.2, -0.15) is 0 Å². The minimum absolute atomic E-state index is 0.00230. The number of ether oxygens (including phenoxy) is 4. The number of pyridine rings is 1. The van der Waals surface area contributed by atoms with E-state index in [9.17, 15) is 19.2 Å². The first kappa shape index (κ1) is 32.5. The number of rotatable bonds is 11. The van der Waals surface area contributed by atoms with Gasteiger partial charge in [-0.1, -0.05) is 48.0 Å². The highest BCUT2D eigenvalue weighted by Gasteiger charge is 2.40. The number of halogens is 1. The molecule has 0 radical (unpaired) electrons. The molecule has 1 unspecified atom stereocenters. The minimum atomic E-state index is -1.21. The molecule has 0 aliphatic heterocycles. The molecule has 0 saturated carbocycles. The van der Waals surface area contributed by atoms with Gasteiger partial charge in [-0.15, -0.1) is 0 Å². The molecule has 2 aromatic heterocycles. The molecule has 4 rings (SSSR count). The van der Waals surface area contributed by atoms with E-state index < -0.39 is 35.7 Å². The zero-order valence-electron chi connectivity index (χ0n) is 24.8. The smallest absolute Gasteiger partial charge is 0.374 e. The van der Waals surface area contributed by atoms with Gasteiger partial charge in [-0.3, -0.25) is 4.98 Å². The molecule has 4 aromatic rings. The van der Waals surface area contributed by atoms with Crippen LogP contribution in [0.15, 0.2) is 95.1 Å². The van der Waals surface area contributed by atoms with Gasteiger partial charge in [0.05, 0.1) is 39.7 Å². The first-order valence-electron chi connectivity index (χ1n) is 13.4. The number of aromatic nitrogens is 1. The van der Waals surface area contributed by atoms with Gasteiger partial charge in [0.25, 0.3) is 0 Å². The van der Waals surface area contributed by atoms with Gasteiger partial charge in [0.2, 0.25) is 5.76 Å². The van der Waals surface area contributed by atoms with E-state index in [2.05, 4.69) is 4.98 Å². The molecule has 1 atom stereocenters. The van der Waals surface area contributed by atoms with Crippen LogP contribution in [-0.4, -0.2) is 57.3 Å². The number of carbonyl (C=O) groups excluding carboxylic acids is 4. The van der Waals surface area contributed by atoms with Crippen molar-refractivity contribution >= 4 is 41.2 Å². The van der Waals surface area contributed by atoms with Crippen LogP contribution in [0.5, 0.6) is 0 Å². The van der Waals surface area contributed by atoms with Gasteiger partial charge in [-0.25, -0.2) is 19.2 Å². The molecular weight excluding hydrogens is 604 g/mol. The molecule has 0 amide bonds. The Labute approximate surface area is 263 Å². The molecule has 12 heteroatoms. The van der Waals surface area contributed by atoms with E-state index in [1.165, 1.54) is 6.20 Å². The SMILES string of the molecule is COC(=O)/C=C(\C(=O)OC)C(c1ccccn1)N(Cc1ccccc1)c1c(-c2ccc(Cl)cc2)oc(C(=O)OC)c1C(=O)OC. The van der Waals surface area contributed by atoms with Crippen LogP contribution in [0.25, 0.3) is 11.3 Å². The Morgan fingerprint density at radius 1 is 0.844 bits per heavy atom. The average Bonchev–Trinajstić information content (AvgIpc) is 3.48. The second-order valence-electron chi connectivity index (χ2n) is 9.36. The molecule has 0 bridgehead atoms. The average molecular weight is 633 g/mol. The van der Waals surface area contributed by atoms with E-state index in [0.29, 0.717) is 10.6 Å². The topological polar surface area (TPSA) is 134 Å². The van der Waals surface area contributed by atoms with Crippen molar-refractivity contribution < 1.29 is 42.5 Å². The summed E-state index contributed by atoms with van der Waals surface area (Å²) in [6.45, 7) is 0.00230. The van der Waals surface area contributed by atoms with Gasteiger partial charge in [-0.05, 0) is 42.0 Å². The fourth-order valence-electron chi connectivity index (χ4n) is 4.68. The summed E-state index contributed by atoms with van der Waals surface area (Å²) in [6.07, 6.45) is 2.50. The molecule has 2 aromatic carbocycles. The zero-order valence-corrected chi connectivity index (χ0v) is 25.6. The fourth-order valence-corrected chi connectivity index (χ4v) is 4.80. The number of carbonyl (C=O) groups is 4. The third-order valence-corrected chi connectivity index (χ3v) is 6.95. The minimum Gasteiger partial charge on any atom is -0.466 e. The highest BCUT2D eigenvalue weighted by Crippen LogP contribution is 2.45. The third kappa shape index (κ3) is 7.22. The van der Waals surface area contributed by atoms with E-state index in [4.69, 9.17) is 35.0 Å². The van der Waals surface area contributed by atoms with Crippen LogP contribution in [0.2, 0.25) is 5.02 Å². The Hall–Kier alpha value is -5.42. The normalized spacial score (nSPS) is 11.7. The number of furan rings is 1. The number of benzene rings is 2. The predicted molar refractivity (Wildman–Crippen MR) is 164 cm³/mol. The van der Waals surface area contributed by atoms with Gasteiger partial charge >= 0.3 is 23.9 Å². The number of hydrogen-bond acceptors (Lipinski definition) is 11. The van der Waals surface area contributed by atoms with E-state index in [1.54, 1.807) is 47.4 Å².